The second-order valence-electron chi connectivity index (χ2n) is 4.78. The molecule has 4 heteroatoms. The van der Waals surface area contributed by atoms with Crippen molar-refractivity contribution in [2.75, 3.05) is 24.6 Å². The summed E-state index contributed by atoms with van der Waals surface area (Å²) in [5, 5.41) is 10.2. The van der Waals surface area contributed by atoms with E-state index in [0.29, 0.717) is 17.9 Å². The lowest BCUT2D eigenvalue weighted by Gasteiger charge is -2.24. The number of fused-ring (bicyclic) bond motifs is 1. The number of carbonyl (C=O) groups excluding carboxylic acids is 1. The molecular weight excluding hydrogens is 252 g/mol. The molecule has 0 saturated carbocycles. The van der Waals surface area contributed by atoms with Crippen molar-refractivity contribution >= 4 is 23.0 Å². The number of hydrogen-bond donors (Lipinski definition) is 1. The van der Waals surface area contributed by atoms with Gasteiger partial charge in [-0.05, 0) is 18.6 Å². The van der Waals surface area contributed by atoms with Crippen molar-refractivity contribution in [2.45, 2.75) is 19.8 Å². The van der Waals surface area contributed by atoms with Crippen molar-refractivity contribution in [3.63, 3.8) is 0 Å². The Morgan fingerprint density at radius 2 is 2.10 bits per heavy atom. The van der Waals surface area contributed by atoms with Crippen LogP contribution in [0.4, 0.5) is 5.82 Å². The standard InChI is InChI=1S/C16H20N2O2/c1-2-3-8-18(9-10-19)16-14(12-20)11-13-6-4-5-7-15(13)17-16/h4-7,11-12,19H,2-3,8-10H2,1H3. The Labute approximate surface area is 119 Å². The maximum absolute atomic E-state index is 11.3. The topological polar surface area (TPSA) is 53.4 Å². The van der Waals surface area contributed by atoms with E-state index in [0.717, 1.165) is 36.6 Å². The molecule has 0 fully saturated rings. The van der Waals surface area contributed by atoms with Crippen LogP contribution in [0.15, 0.2) is 30.3 Å². The summed E-state index contributed by atoms with van der Waals surface area (Å²) in [5.41, 5.74) is 1.45. The summed E-state index contributed by atoms with van der Waals surface area (Å²) in [6, 6.07) is 9.61. The van der Waals surface area contributed by atoms with Gasteiger partial charge in [0.15, 0.2) is 6.29 Å². The van der Waals surface area contributed by atoms with Crippen LogP contribution in [0.25, 0.3) is 10.9 Å². The number of aldehydes is 1. The van der Waals surface area contributed by atoms with Gasteiger partial charge in [0.25, 0.3) is 0 Å². The van der Waals surface area contributed by atoms with Gasteiger partial charge in [-0.15, -0.1) is 0 Å². The van der Waals surface area contributed by atoms with E-state index in [1.807, 2.05) is 35.2 Å². The average molecular weight is 272 g/mol. The number of benzene rings is 1. The third kappa shape index (κ3) is 3.14. The molecule has 0 atom stereocenters. The van der Waals surface area contributed by atoms with Crippen LogP contribution in [0, 0.1) is 0 Å². The van der Waals surface area contributed by atoms with Crippen LogP contribution in [0.2, 0.25) is 0 Å². The van der Waals surface area contributed by atoms with Gasteiger partial charge in [-0.2, -0.15) is 0 Å². The van der Waals surface area contributed by atoms with Crippen molar-refractivity contribution in [1.29, 1.82) is 0 Å². The van der Waals surface area contributed by atoms with Crippen molar-refractivity contribution in [3.05, 3.63) is 35.9 Å². The van der Waals surface area contributed by atoms with Crippen LogP contribution < -0.4 is 4.90 Å². The van der Waals surface area contributed by atoms with Gasteiger partial charge in [0, 0.05) is 18.5 Å². The molecule has 20 heavy (non-hydrogen) atoms. The molecule has 2 rings (SSSR count). The summed E-state index contributed by atoms with van der Waals surface area (Å²) in [7, 11) is 0. The van der Waals surface area contributed by atoms with Gasteiger partial charge >= 0.3 is 0 Å². The number of hydrogen-bond acceptors (Lipinski definition) is 4. The van der Waals surface area contributed by atoms with E-state index < -0.39 is 0 Å². The van der Waals surface area contributed by atoms with Gasteiger partial charge in [-0.3, -0.25) is 4.79 Å². The first kappa shape index (κ1) is 14.5. The normalized spacial score (nSPS) is 10.7. The van der Waals surface area contributed by atoms with Gasteiger partial charge in [-0.25, -0.2) is 4.98 Å². The summed E-state index contributed by atoms with van der Waals surface area (Å²) in [6.45, 7) is 3.46. The highest BCUT2D eigenvalue weighted by atomic mass is 16.3. The molecule has 0 bridgehead atoms. The fourth-order valence-corrected chi connectivity index (χ4v) is 2.26. The Morgan fingerprint density at radius 3 is 2.80 bits per heavy atom. The van der Waals surface area contributed by atoms with E-state index in [2.05, 4.69) is 11.9 Å². The first-order valence-electron chi connectivity index (χ1n) is 7.01. The minimum atomic E-state index is 0.0521. The fourth-order valence-electron chi connectivity index (χ4n) is 2.26. The first-order chi connectivity index (χ1) is 9.80. The minimum absolute atomic E-state index is 0.0521. The zero-order valence-electron chi connectivity index (χ0n) is 11.7. The quantitative estimate of drug-likeness (QED) is 0.787. The summed E-state index contributed by atoms with van der Waals surface area (Å²) >= 11 is 0. The number of aliphatic hydroxyl groups excluding tert-OH is 1. The van der Waals surface area contributed by atoms with E-state index >= 15 is 0 Å². The second kappa shape index (κ2) is 7.01. The summed E-state index contributed by atoms with van der Waals surface area (Å²) in [6.07, 6.45) is 2.91. The highest BCUT2D eigenvalue weighted by Gasteiger charge is 2.13. The number of aromatic nitrogens is 1. The van der Waals surface area contributed by atoms with E-state index in [1.165, 1.54) is 0 Å². The van der Waals surface area contributed by atoms with Crippen LogP contribution in [-0.2, 0) is 0 Å². The number of nitrogens with zero attached hydrogens (tertiary/aromatic N) is 2. The van der Waals surface area contributed by atoms with Crippen LogP contribution in [0.3, 0.4) is 0 Å². The molecule has 0 saturated heterocycles. The molecule has 0 aliphatic rings. The lowest BCUT2D eigenvalue weighted by Crippen LogP contribution is -2.29. The number of aliphatic hydroxyl groups is 1. The predicted molar refractivity (Wildman–Crippen MR) is 81.3 cm³/mol. The predicted octanol–water partition coefficient (Wildman–Crippen LogP) is 2.65. The molecule has 2 aromatic rings. The van der Waals surface area contributed by atoms with Crippen molar-refractivity contribution in [3.8, 4) is 0 Å². The minimum Gasteiger partial charge on any atom is -0.395 e. The van der Waals surface area contributed by atoms with E-state index in [9.17, 15) is 9.90 Å². The molecule has 1 N–H and O–H groups in total. The monoisotopic (exact) mass is 272 g/mol. The average Bonchev–Trinajstić information content (AvgIpc) is 2.50. The lowest BCUT2D eigenvalue weighted by atomic mass is 10.1. The zero-order valence-corrected chi connectivity index (χ0v) is 11.7. The summed E-state index contributed by atoms with van der Waals surface area (Å²) < 4.78 is 0. The van der Waals surface area contributed by atoms with Gasteiger partial charge in [0.05, 0.1) is 17.7 Å². The molecule has 0 spiro atoms. The van der Waals surface area contributed by atoms with Gasteiger partial charge < -0.3 is 10.0 Å². The van der Waals surface area contributed by atoms with Crippen LogP contribution >= 0.6 is 0 Å². The van der Waals surface area contributed by atoms with Crippen molar-refractivity contribution in [2.24, 2.45) is 0 Å². The SMILES string of the molecule is CCCCN(CCO)c1nc2ccccc2cc1C=O. The molecule has 0 aliphatic carbocycles. The number of anilines is 1. The van der Waals surface area contributed by atoms with Crippen LogP contribution in [0.5, 0.6) is 0 Å². The molecule has 0 radical (unpaired) electrons. The number of rotatable bonds is 7. The largest absolute Gasteiger partial charge is 0.395 e. The highest BCUT2D eigenvalue weighted by Crippen LogP contribution is 2.22. The molecule has 0 unspecified atom stereocenters. The Bertz CT molecular complexity index is 584. The molecule has 0 amide bonds. The van der Waals surface area contributed by atoms with Crippen LogP contribution in [0.1, 0.15) is 30.1 Å². The molecule has 4 nitrogen and oxygen atoms in total. The molecular formula is C16H20N2O2. The maximum Gasteiger partial charge on any atom is 0.153 e. The Kier molecular flexibility index (Phi) is 5.07. The molecule has 1 heterocycles. The molecule has 0 aliphatic heterocycles. The summed E-state index contributed by atoms with van der Waals surface area (Å²) in [5.74, 6) is 0.668. The van der Waals surface area contributed by atoms with Crippen LogP contribution in [-0.4, -0.2) is 36.1 Å². The first-order valence-corrected chi connectivity index (χ1v) is 7.01. The second-order valence-corrected chi connectivity index (χ2v) is 4.78. The zero-order chi connectivity index (χ0) is 14.4. The van der Waals surface area contributed by atoms with Crippen molar-refractivity contribution in [1.82, 2.24) is 4.98 Å². The fraction of sp³-hybridized carbons (Fsp3) is 0.375. The molecule has 1 aromatic heterocycles. The smallest absolute Gasteiger partial charge is 0.153 e. The third-order valence-corrected chi connectivity index (χ3v) is 3.31. The van der Waals surface area contributed by atoms with Crippen molar-refractivity contribution < 1.29 is 9.90 Å². The lowest BCUT2D eigenvalue weighted by molar-refractivity contribution is 0.112. The number of pyridine rings is 1. The van der Waals surface area contributed by atoms with Gasteiger partial charge in [-0.1, -0.05) is 31.5 Å². The number of para-hydroxylation sites is 1. The van der Waals surface area contributed by atoms with E-state index in [4.69, 9.17) is 0 Å². The highest BCUT2D eigenvalue weighted by molar-refractivity contribution is 5.91. The Balaban J connectivity index is 2.45. The van der Waals surface area contributed by atoms with Gasteiger partial charge in [0.1, 0.15) is 5.82 Å². The molecule has 1 aromatic carbocycles. The van der Waals surface area contributed by atoms with E-state index in [-0.39, 0.29) is 6.61 Å². The molecule has 106 valence electrons. The maximum atomic E-state index is 11.3. The third-order valence-electron chi connectivity index (χ3n) is 3.31. The van der Waals surface area contributed by atoms with E-state index in [1.54, 1.807) is 0 Å². The number of carbonyl (C=O) groups is 1. The Morgan fingerprint density at radius 1 is 1.30 bits per heavy atom. The van der Waals surface area contributed by atoms with Gasteiger partial charge in [0.2, 0.25) is 0 Å². The Hall–Kier alpha value is -1.94. The summed E-state index contributed by atoms with van der Waals surface area (Å²) in [4.78, 5) is 17.9. The number of unbranched alkanes of at least 4 members (excludes halogenated alkanes) is 1.